The fourth-order valence-corrected chi connectivity index (χ4v) is 3.06. The Hall–Kier alpha value is -2.93. The molecule has 0 aliphatic rings. The summed E-state index contributed by atoms with van der Waals surface area (Å²) in [5, 5.41) is 15.7. The summed E-state index contributed by atoms with van der Waals surface area (Å²) in [4.78, 5) is 23.8. The first-order valence-corrected chi connectivity index (χ1v) is 7.93. The maximum atomic E-state index is 12.3. The molecule has 0 bridgehead atoms. The highest BCUT2D eigenvalue weighted by Gasteiger charge is 2.17. The summed E-state index contributed by atoms with van der Waals surface area (Å²) in [5.74, 6) is -1.49. The largest absolute Gasteiger partial charge is 0.544 e. The number of hydrogen-bond donors (Lipinski definition) is 1. The van der Waals surface area contributed by atoms with Crippen LogP contribution in [0, 0.1) is 6.92 Å². The molecule has 0 aliphatic heterocycles. The smallest absolute Gasteiger partial charge is 0.307 e. The summed E-state index contributed by atoms with van der Waals surface area (Å²) in [6.07, 6.45) is 0. The number of nitrogens with one attached hydrogen (secondary N) is 1. The Bertz CT molecular complexity index is 968. The van der Waals surface area contributed by atoms with Crippen LogP contribution in [-0.2, 0) is 0 Å². The van der Waals surface area contributed by atoms with Crippen molar-refractivity contribution in [2.75, 3.05) is 0 Å². The van der Waals surface area contributed by atoms with Crippen molar-refractivity contribution in [1.82, 2.24) is 5.43 Å². The van der Waals surface area contributed by atoms with Gasteiger partial charge in [-0.3, -0.25) is 4.79 Å². The van der Waals surface area contributed by atoms with Gasteiger partial charge in [0, 0.05) is 10.9 Å². The van der Waals surface area contributed by atoms with Crippen LogP contribution in [0.2, 0.25) is 0 Å². The van der Waals surface area contributed by atoms with Gasteiger partial charge in [0.2, 0.25) is 0 Å². The number of para-hydroxylation sites is 1. The zero-order valence-corrected chi connectivity index (χ0v) is 13.8. The summed E-state index contributed by atoms with van der Waals surface area (Å²) in [5.41, 5.74) is 4.31. The second-order valence-corrected chi connectivity index (χ2v) is 6.23. The van der Waals surface area contributed by atoms with Crippen molar-refractivity contribution >= 4 is 39.9 Å². The fourth-order valence-electron chi connectivity index (χ4n) is 2.27. The summed E-state index contributed by atoms with van der Waals surface area (Å²) in [7, 11) is 0. The minimum absolute atomic E-state index is 0.110. The van der Waals surface area contributed by atoms with Crippen LogP contribution in [0.25, 0.3) is 11.0 Å². The summed E-state index contributed by atoms with van der Waals surface area (Å²) in [6, 6.07) is 10.4. The van der Waals surface area contributed by atoms with E-state index in [-0.39, 0.29) is 10.6 Å². The Labute approximate surface area is 141 Å². The normalized spacial score (nSPS) is 11.7. The van der Waals surface area contributed by atoms with Crippen LogP contribution in [0.3, 0.4) is 0 Å². The van der Waals surface area contributed by atoms with Gasteiger partial charge in [0.15, 0.2) is 5.76 Å². The molecule has 7 heteroatoms. The topological polar surface area (TPSA) is 94.7 Å². The molecule has 6 nitrogen and oxygen atoms in total. The molecule has 1 amide bonds. The number of nitrogens with zero attached hydrogens (tertiary/aromatic N) is 1. The third-order valence-corrected chi connectivity index (χ3v) is 4.71. The zero-order valence-electron chi connectivity index (χ0n) is 13.0. The lowest BCUT2D eigenvalue weighted by atomic mass is 10.1. The van der Waals surface area contributed by atoms with Crippen LogP contribution in [-0.4, -0.2) is 17.6 Å². The molecule has 2 heterocycles. The van der Waals surface area contributed by atoms with E-state index in [1.165, 1.54) is 6.07 Å². The van der Waals surface area contributed by atoms with Crippen LogP contribution in [0.15, 0.2) is 45.9 Å². The number of furan rings is 1. The first kappa shape index (κ1) is 15.9. The Balaban J connectivity index is 1.80. The number of rotatable bonds is 4. The molecule has 0 saturated carbocycles. The van der Waals surface area contributed by atoms with Crippen molar-refractivity contribution < 1.29 is 19.1 Å². The van der Waals surface area contributed by atoms with Gasteiger partial charge in [0.25, 0.3) is 0 Å². The van der Waals surface area contributed by atoms with Crippen LogP contribution in [0.1, 0.15) is 37.6 Å². The van der Waals surface area contributed by atoms with Crippen molar-refractivity contribution in [2.45, 2.75) is 13.8 Å². The Morgan fingerprint density at radius 2 is 1.88 bits per heavy atom. The quantitative estimate of drug-likeness (QED) is 0.582. The van der Waals surface area contributed by atoms with Crippen molar-refractivity contribution in [1.29, 1.82) is 0 Å². The van der Waals surface area contributed by atoms with E-state index in [4.69, 9.17) is 4.42 Å². The fraction of sp³-hybridized carbons (Fsp3) is 0.118. The Morgan fingerprint density at radius 1 is 1.17 bits per heavy atom. The highest BCUT2D eigenvalue weighted by molar-refractivity contribution is 7.15. The van der Waals surface area contributed by atoms with Crippen LogP contribution in [0.4, 0.5) is 0 Å². The van der Waals surface area contributed by atoms with Gasteiger partial charge in [0.05, 0.1) is 21.4 Å². The molecule has 0 unspecified atom stereocenters. The minimum atomic E-state index is -1.24. The molecular formula is C17H13N2O4S-. The van der Waals surface area contributed by atoms with Gasteiger partial charge in [-0.15, -0.1) is 11.3 Å². The molecule has 3 rings (SSSR count). The molecule has 0 radical (unpaired) electrons. The van der Waals surface area contributed by atoms with E-state index in [0.29, 0.717) is 16.2 Å². The number of aryl methyl sites for hydroxylation is 1. The third kappa shape index (κ3) is 2.93. The van der Waals surface area contributed by atoms with E-state index in [1.54, 1.807) is 19.1 Å². The van der Waals surface area contributed by atoms with Gasteiger partial charge in [-0.1, -0.05) is 18.2 Å². The lowest BCUT2D eigenvalue weighted by molar-refractivity contribution is -0.254. The molecule has 0 atom stereocenters. The number of thiophene rings is 1. The van der Waals surface area contributed by atoms with E-state index in [1.807, 2.05) is 25.1 Å². The highest BCUT2D eigenvalue weighted by Crippen LogP contribution is 2.24. The molecule has 24 heavy (non-hydrogen) atoms. The average Bonchev–Trinajstić information content (AvgIpc) is 3.18. The molecule has 0 saturated heterocycles. The van der Waals surface area contributed by atoms with Gasteiger partial charge in [-0.2, -0.15) is 5.10 Å². The first-order chi connectivity index (χ1) is 11.5. The maximum Gasteiger partial charge on any atom is 0.307 e. The van der Waals surface area contributed by atoms with E-state index in [2.05, 4.69) is 10.5 Å². The SMILES string of the molecule is C/C(=N/NC(=O)c1oc2ccccc2c1C)c1ccc(C(=O)[O-])s1. The van der Waals surface area contributed by atoms with E-state index >= 15 is 0 Å². The monoisotopic (exact) mass is 341 g/mol. The van der Waals surface area contributed by atoms with Crippen LogP contribution < -0.4 is 10.5 Å². The summed E-state index contributed by atoms with van der Waals surface area (Å²) < 4.78 is 5.57. The van der Waals surface area contributed by atoms with Crippen LogP contribution >= 0.6 is 11.3 Å². The predicted molar refractivity (Wildman–Crippen MR) is 89.3 cm³/mol. The van der Waals surface area contributed by atoms with Crippen LogP contribution in [0.5, 0.6) is 0 Å². The maximum absolute atomic E-state index is 12.3. The van der Waals surface area contributed by atoms with Crippen molar-refractivity contribution in [3.05, 3.63) is 57.5 Å². The van der Waals surface area contributed by atoms with E-state index in [0.717, 1.165) is 22.3 Å². The summed E-state index contributed by atoms with van der Waals surface area (Å²) >= 11 is 1.04. The van der Waals surface area contributed by atoms with Gasteiger partial charge in [0.1, 0.15) is 5.58 Å². The highest BCUT2D eigenvalue weighted by atomic mass is 32.1. The number of carbonyl (C=O) groups excluding carboxylic acids is 2. The molecule has 3 aromatic rings. The predicted octanol–water partition coefficient (Wildman–Crippen LogP) is 2.32. The van der Waals surface area contributed by atoms with Gasteiger partial charge in [-0.05, 0) is 32.0 Å². The molecule has 0 spiro atoms. The van der Waals surface area contributed by atoms with Crippen molar-refractivity contribution in [3.8, 4) is 0 Å². The van der Waals surface area contributed by atoms with Crippen molar-refractivity contribution in [3.63, 3.8) is 0 Å². The lowest BCUT2D eigenvalue weighted by Gasteiger charge is -2.00. The first-order valence-electron chi connectivity index (χ1n) is 7.11. The average molecular weight is 341 g/mol. The molecule has 0 aliphatic carbocycles. The standard InChI is InChI=1S/C17H14N2O4S/c1-9-11-5-3-4-6-12(11)23-15(9)16(20)19-18-10(2)13-7-8-14(24-13)17(21)22/h3-8H,1-2H3,(H,19,20)(H,21,22)/p-1/b18-10-. The molecule has 2 aromatic heterocycles. The third-order valence-electron chi connectivity index (χ3n) is 3.54. The number of hydrogen-bond acceptors (Lipinski definition) is 6. The number of amides is 1. The number of carbonyl (C=O) groups is 2. The molecule has 122 valence electrons. The van der Waals surface area contributed by atoms with Crippen molar-refractivity contribution in [2.24, 2.45) is 5.10 Å². The number of aromatic carboxylic acids is 1. The number of fused-ring (bicyclic) bond motifs is 1. The number of hydrazone groups is 1. The van der Waals surface area contributed by atoms with E-state index < -0.39 is 11.9 Å². The second-order valence-electron chi connectivity index (χ2n) is 5.14. The minimum Gasteiger partial charge on any atom is -0.544 e. The number of benzene rings is 1. The number of carboxylic acids is 1. The van der Waals surface area contributed by atoms with Gasteiger partial charge in [-0.25, -0.2) is 5.43 Å². The Morgan fingerprint density at radius 3 is 2.54 bits per heavy atom. The Kier molecular flexibility index (Phi) is 4.18. The summed E-state index contributed by atoms with van der Waals surface area (Å²) in [6.45, 7) is 3.49. The van der Waals surface area contributed by atoms with Gasteiger partial charge < -0.3 is 14.3 Å². The molecular weight excluding hydrogens is 328 g/mol. The molecule has 1 aromatic carbocycles. The number of carboxylic acid groups (broad SMARTS) is 1. The second kappa shape index (κ2) is 6.29. The lowest BCUT2D eigenvalue weighted by Crippen LogP contribution is -2.20. The van der Waals surface area contributed by atoms with E-state index in [9.17, 15) is 14.7 Å². The van der Waals surface area contributed by atoms with Gasteiger partial charge >= 0.3 is 5.91 Å². The zero-order chi connectivity index (χ0) is 17.3. The molecule has 1 N–H and O–H groups in total. The molecule has 0 fully saturated rings.